The first kappa shape index (κ1) is 56.6. The van der Waals surface area contributed by atoms with Crippen molar-refractivity contribution in [3.05, 3.63) is 36.5 Å². The Morgan fingerprint density at radius 2 is 0.661 bits per heavy atom. The average molecular weight is 829 g/mol. The molecule has 0 rings (SSSR count). The first-order chi connectivity index (χ1) is 29.0. The number of rotatable bonds is 46. The molecule has 0 aromatic rings. The van der Waals surface area contributed by atoms with Crippen LogP contribution < -0.4 is 0 Å². The summed E-state index contributed by atoms with van der Waals surface area (Å²) in [7, 11) is 0. The van der Waals surface area contributed by atoms with Crippen LogP contribution in [0, 0.1) is 0 Å². The number of carbonyl (C=O) groups is 3. The van der Waals surface area contributed by atoms with Crippen molar-refractivity contribution < 1.29 is 28.6 Å². The van der Waals surface area contributed by atoms with Crippen LogP contribution in [0.3, 0.4) is 0 Å². The lowest BCUT2D eigenvalue weighted by Gasteiger charge is -2.18. The fraction of sp³-hybridized carbons (Fsp3) is 0.830. The van der Waals surface area contributed by atoms with Gasteiger partial charge in [0.2, 0.25) is 0 Å². The van der Waals surface area contributed by atoms with Crippen LogP contribution in [0.15, 0.2) is 36.5 Å². The van der Waals surface area contributed by atoms with Crippen LogP contribution in [0.1, 0.15) is 265 Å². The maximum Gasteiger partial charge on any atom is 0.306 e. The van der Waals surface area contributed by atoms with Gasteiger partial charge in [0, 0.05) is 19.3 Å². The second-order valence-corrected chi connectivity index (χ2v) is 17.1. The molecule has 0 N–H and O–H groups in total. The van der Waals surface area contributed by atoms with E-state index in [1.807, 2.05) is 0 Å². The van der Waals surface area contributed by atoms with Crippen LogP contribution in [0.4, 0.5) is 0 Å². The number of hydrogen-bond acceptors (Lipinski definition) is 6. The zero-order valence-corrected chi connectivity index (χ0v) is 39.3. The SMILES string of the molecule is CC/C=C\C/C=C\C/C=C\CCCCCCCC(=O)OC[C@@H](COC(=O)CCCCCCCCCCCCCCC)OC(=O)CCCCCCCCCCCCCCC. The third kappa shape index (κ3) is 46.5. The van der Waals surface area contributed by atoms with E-state index in [4.69, 9.17) is 14.2 Å². The minimum absolute atomic E-state index is 0.0735. The van der Waals surface area contributed by atoms with E-state index in [0.717, 1.165) is 96.3 Å². The predicted molar refractivity (Wildman–Crippen MR) is 252 cm³/mol. The number of ether oxygens (including phenoxy) is 3. The molecule has 0 heterocycles. The summed E-state index contributed by atoms with van der Waals surface area (Å²) >= 11 is 0. The molecular formula is C53H96O6. The molecule has 0 aliphatic rings. The van der Waals surface area contributed by atoms with E-state index < -0.39 is 6.10 Å². The third-order valence-electron chi connectivity index (χ3n) is 11.2. The molecule has 6 nitrogen and oxygen atoms in total. The smallest absolute Gasteiger partial charge is 0.306 e. The van der Waals surface area contributed by atoms with Crippen molar-refractivity contribution in [2.24, 2.45) is 0 Å². The lowest BCUT2D eigenvalue weighted by atomic mass is 10.0. The zero-order valence-electron chi connectivity index (χ0n) is 39.3. The van der Waals surface area contributed by atoms with Gasteiger partial charge in [0.25, 0.3) is 0 Å². The molecule has 0 aliphatic carbocycles. The second kappa shape index (κ2) is 48.3. The van der Waals surface area contributed by atoms with Gasteiger partial charge >= 0.3 is 17.9 Å². The Labute approximate surface area is 365 Å². The average Bonchev–Trinajstić information content (AvgIpc) is 3.23. The van der Waals surface area contributed by atoms with Crippen molar-refractivity contribution in [2.45, 2.75) is 271 Å². The number of allylic oxidation sites excluding steroid dienone is 6. The molecule has 0 radical (unpaired) electrons. The molecule has 344 valence electrons. The summed E-state index contributed by atoms with van der Waals surface area (Å²) in [5.74, 6) is -0.880. The van der Waals surface area contributed by atoms with Crippen molar-refractivity contribution >= 4 is 17.9 Å². The summed E-state index contributed by atoms with van der Waals surface area (Å²) in [4.78, 5) is 37.9. The summed E-state index contributed by atoms with van der Waals surface area (Å²) in [6.07, 6.45) is 55.5. The zero-order chi connectivity index (χ0) is 43.0. The van der Waals surface area contributed by atoms with Gasteiger partial charge < -0.3 is 14.2 Å². The maximum atomic E-state index is 12.8. The standard InChI is InChI=1S/C53H96O6/c1-4-7-10-13-16-19-22-25-26-29-31-34-37-40-43-46-52(55)58-49-50(59-53(56)47-44-41-38-35-32-28-24-21-18-15-12-9-6-3)48-57-51(54)45-42-39-36-33-30-27-23-20-17-14-11-8-5-2/h7,10,16,19,25-26,50H,4-6,8-9,11-15,17-18,20-24,27-49H2,1-3H3/b10-7-,19-16-,26-25-/t50-/m1/s1. The maximum absolute atomic E-state index is 12.8. The Morgan fingerprint density at radius 3 is 1.03 bits per heavy atom. The Morgan fingerprint density at radius 1 is 0.356 bits per heavy atom. The molecule has 59 heavy (non-hydrogen) atoms. The van der Waals surface area contributed by atoms with Gasteiger partial charge in [-0.15, -0.1) is 0 Å². The van der Waals surface area contributed by atoms with Crippen LogP contribution in [0.2, 0.25) is 0 Å². The summed E-state index contributed by atoms with van der Waals surface area (Å²) in [6, 6.07) is 0. The van der Waals surface area contributed by atoms with Crippen molar-refractivity contribution in [1.29, 1.82) is 0 Å². The normalized spacial score (nSPS) is 12.3. The molecule has 0 aromatic carbocycles. The van der Waals surface area contributed by atoms with Crippen LogP contribution in [0.5, 0.6) is 0 Å². The van der Waals surface area contributed by atoms with Gasteiger partial charge in [0.15, 0.2) is 6.10 Å². The highest BCUT2D eigenvalue weighted by atomic mass is 16.6. The van der Waals surface area contributed by atoms with E-state index in [1.54, 1.807) is 0 Å². The van der Waals surface area contributed by atoms with Crippen LogP contribution in [0.25, 0.3) is 0 Å². The minimum Gasteiger partial charge on any atom is -0.462 e. The third-order valence-corrected chi connectivity index (χ3v) is 11.2. The van der Waals surface area contributed by atoms with Crippen LogP contribution >= 0.6 is 0 Å². The molecule has 0 saturated heterocycles. The van der Waals surface area contributed by atoms with Gasteiger partial charge in [-0.25, -0.2) is 0 Å². The van der Waals surface area contributed by atoms with Gasteiger partial charge in [0.05, 0.1) is 0 Å². The predicted octanol–water partition coefficient (Wildman–Crippen LogP) is 16.5. The molecule has 1 atom stereocenters. The largest absolute Gasteiger partial charge is 0.462 e. The highest BCUT2D eigenvalue weighted by Crippen LogP contribution is 2.16. The van der Waals surface area contributed by atoms with Gasteiger partial charge in [-0.3, -0.25) is 14.4 Å². The first-order valence-corrected chi connectivity index (χ1v) is 25.5. The molecule has 0 unspecified atom stereocenters. The van der Waals surface area contributed by atoms with E-state index in [1.165, 1.54) is 128 Å². The lowest BCUT2D eigenvalue weighted by molar-refractivity contribution is -0.167. The quantitative estimate of drug-likeness (QED) is 0.0263. The van der Waals surface area contributed by atoms with Gasteiger partial charge in [0.1, 0.15) is 13.2 Å². The molecule has 0 spiro atoms. The Kier molecular flexibility index (Phi) is 46.4. The molecule has 0 amide bonds. The molecule has 0 saturated carbocycles. The van der Waals surface area contributed by atoms with Crippen molar-refractivity contribution in [1.82, 2.24) is 0 Å². The first-order valence-electron chi connectivity index (χ1n) is 25.5. The van der Waals surface area contributed by atoms with Gasteiger partial charge in [-0.05, 0) is 51.4 Å². The number of unbranched alkanes of at least 4 members (excludes halogenated alkanes) is 29. The van der Waals surface area contributed by atoms with E-state index in [2.05, 4.69) is 57.2 Å². The molecular weight excluding hydrogens is 733 g/mol. The Bertz CT molecular complexity index is 1000. The number of esters is 3. The molecule has 0 aromatic heterocycles. The van der Waals surface area contributed by atoms with Crippen LogP contribution in [-0.4, -0.2) is 37.2 Å². The van der Waals surface area contributed by atoms with Crippen molar-refractivity contribution in [3.8, 4) is 0 Å². The highest BCUT2D eigenvalue weighted by Gasteiger charge is 2.19. The van der Waals surface area contributed by atoms with E-state index in [9.17, 15) is 14.4 Å². The summed E-state index contributed by atoms with van der Waals surface area (Å²) < 4.78 is 16.8. The lowest BCUT2D eigenvalue weighted by Crippen LogP contribution is -2.30. The van der Waals surface area contributed by atoms with E-state index in [0.29, 0.717) is 19.3 Å². The summed E-state index contributed by atoms with van der Waals surface area (Å²) in [5.41, 5.74) is 0. The van der Waals surface area contributed by atoms with Gasteiger partial charge in [-0.1, -0.05) is 231 Å². The Hall–Kier alpha value is -2.37. The van der Waals surface area contributed by atoms with E-state index >= 15 is 0 Å². The fourth-order valence-corrected chi connectivity index (χ4v) is 7.34. The summed E-state index contributed by atoms with van der Waals surface area (Å²) in [5, 5.41) is 0. The molecule has 0 bridgehead atoms. The van der Waals surface area contributed by atoms with Gasteiger partial charge in [-0.2, -0.15) is 0 Å². The van der Waals surface area contributed by atoms with Crippen LogP contribution in [-0.2, 0) is 28.6 Å². The number of carbonyl (C=O) groups excluding carboxylic acids is 3. The van der Waals surface area contributed by atoms with E-state index in [-0.39, 0.29) is 31.1 Å². The highest BCUT2D eigenvalue weighted by molar-refractivity contribution is 5.71. The number of hydrogen-bond donors (Lipinski definition) is 0. The fourth-order valence-electron chi connectivity index (χ4n) is 7.34. The van der Waals surface area contributed by atoms with Crippen molar-refractivity contribution in [3.63, 3.8) is 0 Å². The topological polar surface area (TPSA) is 78.9 Å². The second-order valence-electron chi connectivity index (χ2n) is 17.1. The summed E-state index contributed by atoms with van der Waals surface area (Å²) in [6.45, 7) is 6.53. The molecule has 6 heteroatoms. The molecule has 0 fully saturated rings. The van der Waals surface area contributed by atoms with Crippen molar-refractivity contribution in [2.75, 3.05) is 13.2 Å². The Balaban J connectivity index is 4.37. The minimum atomic E-state index is -0.773. The monoisotopic (exact) mass is 829 g/mol. The molecule has 0 aliphatic heterocycles.